The summed E-state index contributed by atoms with van der Waals surface area (Å²) in [5, 5.41) is 0.661. The molecule has 3 aliphatic heterocycles. The summed E-state index contributed by atoms with van der Waals surface area (Å²) in [4.78, 5) is 32.6. The number of carbonyl (C=O) groups excluding carboxylic acids is 2. The number of likely N-dealkylation sites (tertiary alicyclic amines) is 1. The Labute approximate surface area is 189 Å². The van der Waals surface area contributed by atoms with E-state index in [1.165, 1.54) is 12.8 Å². The van der Waals surface area contributed by atoms with Crippen molar-refractivity contribution in [1.29, 1.82) is 0 Å². The van der Waals surface area contributed by atoms with Crippen LogP contribution in [0.5, 0.6) is 0 Å². The van der Waals surface area contributed by atoms with Gasteiger partial charge in [0.15, 0.2) is 0 Å². The molecule has 0 atom stereocenters. The molecule has 0 radical (unpaired) electrons. The van der Waals surface area contributed by atoms with Crippen LogP contribution in [0.4, 0.5) is 4.79 Å². The molecule has 6 nitrogen and oxygen atoms in total. The molecule has 1 aromatic carbocycles. The molecule has 3 heterocycles. The van der Waals surface area contributed by atoms with Gasteiger partial charge in [0.2, 0.25) is 5.91 Å². The van der Waals surface area contributed by atoms with Crippen molar-refractivity contribution >= 4 is 23.5 Å². The van der Waals surface area contributed by atoms with Crippen molar-refractivity contribution in [3.05, 3.63) is 34.9 Å². The average molecular weight is 446 g/mol. The Balaban J connectivity index is 1.24. The number of ether oxygens (including phenoxy) is 1. The molecule has 1 saturated carbocycles. The SMILES string of the molecule is O=C(Cc1cccc(Cl)c1)N1CCC(N2C(=O)N(CC3CC3)CC23CCOCC3)CC1. The highest BCUT2D eigenvalue weighted by Gasteiger charge is 2.53. The molecule has 3 saturated heterocycles. The number of hydrogen-bond donors (Lipinski definition) is 0. The van der Waals surface area contributed by atoms with Crippen molar-refractivity contribution in [2.24, 2.45) is 5.92 Å². The smallest absolute Gasteiger partial charge is 0.320 e. The van der Waals surface area contributed by atoms with Gasteiger partial charge in [0, 0.05) is 50.5 Å². The molecule has 1 aliphatic carbocycles. The molecular formula is C24H32ClN3O3. The second-order valence-corrected chi connectivity index (χ2v) is 10.2. The number of piperidine rings is 1. The molecule has 0 aromatic heterocycles. The van der Waals surface area contributed by atoms with E-state index < -0.39 is 0 Å². The molecule has 0 unspecified atom stereocenters. The summed E-state index contributed by atoms with van der Waals surface area (Å²) >= 11 is 6.06. The summed E-state index contributed by atoms with van der Waals surface area (Å²) in [6.45, 7) is 4.65. The molecule has 31 heavy (non-hydrogen) atoms. The van der Waals surface area contributed by atoms with Gasteiger partial charge in [-0.05, 0) is 62.1 Å². The third kappa shape index (κ3) is 4.42. The Morgan fingerprint density at radius 2 is 1.87 bits per heavy atom. The second kappa shape index (κ2) is 8.62. The third-order valence-corrected chi connectivity index (χ3v) is 7.73. The van der Waals surface area contributed by atoms with E-state index in [0.717, 1.165) is 57.6 Å². The van der Waals surface area contributed by atoms with E-state index >= 15 is 0 Å². The number of halogens is 1. The van der Waals surface area contributed by atoms with Crippen molar-refractivity contribution in [2.75, 3.05) is 39.4 Å². The zero-order valence-electron chi connectivity index (χ0n) is 18.1. The molecule has 0 bridgehead atoms. The Morgan fingerprint density at radius 1 is 1.13 bits per heavy atom. The first-order valence-corrected chi connectivity index (χ1v) is 12.1. The minimum Gasteiger partial charge on any atom is -0.381 e. The van der Waals surface area contributed by atoms with Crippen LogP contribution in [0.25, 0.3) is 0 Å². The average Bonchev–Trinajstić information content (AvgIpc) is 3.54. The van der Waals surface area contributed by atoms with E-state index in [-0.39, 0.29) is 23.5 Å². The molecule has 4 aliphatic rings. The lowest BCUT2D eigenvalue weighted by Crippen LogP contribution is -2.57. The lowest BCUT2D eigenvalue weighted by atomic mass is 9.86. The van der Waals surface area contributed by atoms with E-state index in [2.05, 4.69) is 9.80 Å². The summed E-state index contributed by atoms with van der Waals surface area (Å²) in [5.41, 5.74) is 0.869. The van der Waals surface area contributed by atoms with Gasteiger partial charge in [-0.25, -0.2) is 4.79 Å². The molecule has 5 rings (SSSR count). The molecular weight excluding hydrogens is 414 g/mol. The van der Waals surface area contributed by atoms with Gasteiger partial charge in [0.1, 0.15) is 0 Å². The molecule has 7 heteroatoms. The van der Waals surface area contributed by atoms with Crippen molar-refractivity contribution < 1.29 is 14.3 Å². The summed E-state index contributed by atoms with van der Waals surface area (Å²) in [6, 6.07) is 7.95. The van der Waals surface area contributed by atoms with Crippen LogP contribution in [0.3, 0.4) is 0 Å². The summed E-state index contributed by atoms with van der Waals surface area (Å²) < 4.78 is 5.65. The van der Waals surface area contributed by atoms with Gasteiger partial charge < -0.3 is 19.4 Å². The number of urea groups is 1. The van der Waals surface area contributed by atoms with Gasteiger partial charge in [0.05, 0.1) is 12.0 Å². The van der Waals surface area contributed by atoms with Crippen LogP contribution >= 0.6 is 11.6 Å². The van der Waals surface area contributed by atoms with Gasteiger partial charge >= 0.3 is 6.03 Å². The Hall–Kier alpha value is -1.79. The van der Waals surface area contributed by atoms with Crippen LogP contribution in [0.2, 0.25) is 5.02 Å². The van der Waals surface area contributed by atoms with Crippen LogP contribution in [0.15, 0.2) is 24.3 Å². The number of benzene rings is 1. The molecule has 1 aromatic rings. The van der Waals surface area contributed by atoms with Crippen LogP contribution in [-0.2, 0) is 16.0 Å². The molecule has 3 amide bonds. The van der Waals surface area contributed by atoms with Crippen LogP contribution in [0.1, 0.15) is 44.1 Å². The first-order chi connectivity index (χ1) is 15.0. The summed E-state index contributed by atoms with van der Waals surface area (Å²) in [7, 11) is 0. The normalized spacial score (nSPS) is 24.3. The zero-order valence-corrected chi connectivity index (χ0v) is 18.9. The highest BCUT2D eigenvalue weighted by Crippen LogP contribution is 2.41. The fraction of sp³-hybridized carbons (Fsp3) is 0.667. The van der Waals surface area contributed by atoms with Crippen LogP contribution < -0.4 is 0 Å². The Morgan fingerprint density at radius 3 is 2.55 bits per heavy atom. The lowest BCUT2D eigenvalue weighted by Gasteiger charge is -2.46. The van der Waals surface area contributed by atoms with E-state index in [1.54, 1.807) is 0 Å². The highest BCUT2D eigenvalue weighted by atomic mass is 35.5. The maximum atomic E-state index is 13.4. The minimum absolute atomic E-state index is 0.0815. The van der Waals surface area contributed by atoms with Crippen LogP contribution in [-0.4, -0.2) is 77.6 Å². The maximum Gasteiger partial charge on any atom is 0.320 e. The summed E-state index contributed by atoms with van der Waals surface area (Å²) in [5.74, 6) is 0.844. The number of rotatable bonds is 5. The summed E-state index contributed by atoms with van der Waals surface area (Å²) in [6.07, 6.45) is 6.45. The topological polar surface area (TPSA) is 53.1 Å². The predicted molar refractivity (Wildman–Crippen MR) is 119 cm³/mol. The molecule has 4 fully saturated rings. The second-order valence-electron chi connectivity index (χ2n) is 9.73. The molecule has 1 spiro atoms. The van der Waals surface area contributed by atoms with Crippen molar-refractivity contribution in [1.82, 2.24) is 14.7 Å². The van der Waals surface area contributed by atoms with E-state index in [4.69, 9.17) is 16.3 Å². The van der Waals surface area contributed by atoms with Crippen molar-refractivity contribution in [3.63, 3.8) is 0 Å². The third-order valence-electron chi connectivity index (χ3n) is 7.50. The van der Waals surface area contributed by atoms with E-state index in [1.807, 2.05) is 29.2 Å². The van der Waals surface area contributed by atoms with Gasteiger partial charge in [-0.1, -0.05) is 23.7 Å². The molecule has 168 valence electrons. The van der Waals surface area contributed by atoms with Gasteiger partial charge in [-0.2, -0.15) is 0 Å². The Bertz CT molecular complexity index is 829. The zero-order chi connectivity index (χ0) is 21.4. The monoisotopic (exact) mass is 445 g/mol. The minimum atomic E-state index is -0.0815. The van der Waals surface area contributed by atoms with Gasteiger partial charge in [0.25, 0.3) is 0 Å². The molecule has 0 N–H and O–H groups in total. The first-order valence-electron chi connectivity index (χ1n) is 11.7. The standard InChI is InChI=1S/C24H32ClN3O3/c25-20-3-1-2-19(14-20)15-22(29)26-10-6-21(7-11-26)28-23(30)27(16-18-4-5-18)17-24(28)8-12-31-13-9-24/h1-3,14,18,21H,4-13,15-17H2. The van der Waals surface area contributed by atoms with Gasteiger partial charge in [-0.15, -0.1) is 0 Å². The number of carbonyl (C=O) groups is 2. The quantitative estimate of drug-likeness (QED) is 0.696. The van der Waals surface area contributed by atoms with E-state index in [0.29, 0.717) is 30.5 Å². The Kier molecular flexibility index (Phi) is 5.86. The number of amides is 3. The fourth-order valence-electron chi connectivity index (χ4n) is 5.61. The fourth-order valence-corrected chi connectivity index (χ4v) is 5.82. The van der Waals surface area contributed by atoms with E-state index in [9.17, 15) is 9.59 Å². The predicted octanol–water partition coefficient (Wildman–Crippen LogP) is 3.57. The highest BCUT2D eigenvalue weighted by molar-refractivity contribution is 6.30. The number of hydrogen-bond acceptors (Lipinski definition) is 3. The number of nitrogens with zero attached hydrogens (tertiary/aromatic N) is 3. The lowest BCUT2D eigenvalue weighted by molar-refractivity contribution is -0.132. The van der Waals surface area contributed by atoms with Crippen molar-refractivity contribution in [2.45, 2.75) is 56.5 Å². The largest absolute Gasteiger partial charge is 0.381 e. The maximum absolute atomic E-state index is 13.4. The van der Waals surface area contributed by atoms with Gasteiger partial charge in [-0.3, -0.25) is 4.79 Å². The first kappa shape index (κ1) is 21.1. The van der Waals surface area contributed by atoms with Crippen molar-refractivity contribution in [3.8, 4) is 0 Å². The van der Waals surface area contributed by atoms with Crippen LogP contribution in [0, 0.1) is 5.92 Å².